The van der Waals surface area contributed by atoms with Crippen molar-refractivity contribution in [1.29, 1.82) is 0 Å². The van der Waals surface area contributed by atoms with Gasteiger partial charge in [0.2, 0.25) is 5.91 Å². The van der Waals surface area contributed by atoms with Crippen molar-refractivity contribution in [3.8, 4) is 22.1 Å². The van der Waals surface area contributed by atoms with Crippen LogP contribution in [-0.2, 0) is 11.2 Å². The largest absolute Gasteiger partial charge is 0.493 e. The molecule has 1 aromatic heterocycles. The van der Waals surface area contributed by atoms with Gasteiger partial charge < -0.3 is 19.3 Å². The van der Waals surface area contributed by atoms with Crippen molar-refractivity contribution in [2.45, 2.75) is 25.3 Å². The van der Waals surface area contributed by atoms with Crippen LogP contribution in [-0.4, -0.2) is 92.2 Å². The fourth-order valence-corrected chi connectivity index (χ4v) is 5.35. The van der Waals surface area contributed by atoms with E-state index in [1.54, 1.807) is 25.6 Å². The minimum absolute atomic E-state index is 0.171. The number of amides is 1. The summed E-state index contributed by atoms with van der Waals surface area (Å²) in [6.07, 6.45) is 2.90. The average molecular weight is 445 g/mol. The summed E-state index contributed by atoms with van der Waals surface area (Å²) in [5.41, 5.74) is 1.79. The van der Waals surface area contributed by atoms with Gasteiger partial charge in [0.25, 0.3) is 0 Å². The monoisotopic (exact) mass is 444 g/mol. The molecule has 2 fully saturated rings. The van der Waals surface area contributed by atoms with Crippen LogP contribution in [0.1, 0.15) is 18.5 Å². The summed E-state index contributed by atoms with van der Waals surface area (Å²) in [6, 6.07) is 6.40. The zero-order valence-corrected chi connectivity index (χ0v) is 19.5. The lowest BCUT2D eigenvalue weighted by Gasteiger charge is -2.42. The molecular formula is C23H32N4O3S. The molecule has 0 spiro atoms. The third-order valence-electron chi connectivity index (χ3n) is 6.30. The zero-order valence-electron chi connectivity index (χ0n) is 18.7. The Bertz CT molecular complexity index is 895. The van der Waals surface area contributed by atoms with Crippen molar-refractivity contribution in [1.82, 2.24) is 19.7 Å². The number of ether oxygens (including phenoxy) is 2. The lowest BCUT2D eigenvalue weighted by molar-refractivity contribution is -0.132. The number of hydrogen-bond donors (Lipinski definition) is 0. The Hall–Kier alpha value is -2.16. The highest BCUT2D eigenvalue weighted by atomic mass is 32.1. The molecule has 0 radical (unpaired) electrons. The van der Waals surface area contributed by atoms with Crippen LogP contribution in [0.15, 0.2) is 23.6 Å². The lowest BCUT2D eigenvalue weighted by Crippen LogP contribution is -2.55. The number of rotatable bonds is 6. The van der Waals surface area contributed by atoms with Crippen LogP contribution in [0.25, 0.3) is 10.6 Å². The van der Waals surface area contributed by atoms with Gasteiger partial charge in [0, 0.05) is 49.7 Å². The molecule has 4 rings (SSSR count). The van der Waals surface area contributed by atoms with E-state index < -0.39 is 0 Å². The SMILES string of the molecule is COc1ccc(-c2nc(CC(=O)N3CCN(C4CCCN(C)C4)CC3)cs2)cc1OC. The van der Waals surface area contributed by atoms with Crippen LogP contribution in [0.4, 0.5) is 0 Å². The predicted molar refractivity (Wildman–Crippen MR) is 123 cm³/mol. The molecule has 0 saturated carbocycles. The molecule has 1 unspecified atom stereocenters. The number of piperidine rings is 1. The Morgan fingerprint density at radius 3 is 2.61 bits per heavy atom. The lowest BCUT2D eigenvalue weighted by atomic mass is 10.0. The number of carbonyl (C=O) groups is 1. The standard InChI is InChI=1S/C23H32N4O3S/c1-25-8-4-5-19(15-25)26-9-11-27(12-10-26)22(28)14-18-16-31-23(24-18)17-6-7-20(29-2)21(13-17)30-3/h6-7,13,16,19H,4-5,8-12,14-15H2,1-3H3. The summed E-state index contributed by atoms with van der Waals surface area (Å²) >= 11 is 1.55. The fourth-order valence-electron chi connectivity index (χ4n) is 4.53. The van der Waals surface area contributed by atoms with Gasteiger partial charge in [-0.1, -0.05) is 0 Å². The molecule has 2 saturated heterocycles. The van der Waals surface area contributed by atoms with E-state index in [1.165, 1.54) is 19.4 Å². The Balaban J connectivity index is 1.32. The molecule has 1 aromatic carbocycles. The van der Waals surface area contributed by atoms with Gasteiger partial charge in [0.05, 0.1) is 26.3 Å². The van der Waals surface area contributed by atoms with E-state index in [4.69, 9.17) is 14.5 Å². The van der Waals surface area contributed by atoms with Gasteiger partial charge >= 0.3 is 0 Å². The maximum Gasteiger partial charge on any atom is 0.228 e. The van der Waals surface area contributed by atoms with Gasteiger partial charge in [-0.3, -0.25) is 9.69 Å². The van der Waals surface area contributed by atoms with E-state index in [1.807, 2.05) is 28.5 Å². The normalized spacial score (nSPS) is 20.6. The van der Waals surface area contributed by atoms with Crippen LogP contribution < -0.4 is 9.47 Å². The molecule has 2 aliphatic heterocycles. The first-order chi connectivity index (χ1) is 15.1. The van der Waals surface area contributed by atoms with Gasteiger partial charge in [-0.05, 0) is 44.6 Å². The fraction of sp³-hybridized carbons (Fsp3) is 0.565. The summed E-state index contributed by atoms with van der Waals surface area (Å²) in [7, 11) is 5.45. The molecule has 168 valence electrons. The molecule has 7 nitrogen and oxygen atoms in total. The topological polar surface area (TPSA) is 58.1 Å². The summed E-state index contributed by atoms with van der Waals surface area (Å²) in [5, 5.41) is 2.87. The highest BCUT2D eigenvalue weighted by Gasteiger charge is 2.28. The summed E-state index contributed by atoms with van der Waals surface area (Å²) < 4.78 is 10.7. The molecule has 0 bridgehead atoms. The number of benzene rings is 1. The van der Waals surface area contributed by atoms with Gasteiger partial charge in [-0.15, -0.1) is 11.3 Å². The number of thiazole rings is 1. The summed E-state index contributed by atoms with van der Waals surface area (Å²) in [4.78, 5) is 24.5. The maximum absolute atomic E-state index is 12.9. The minimum Gasteiger partial charge on any atom is -0.493 e. The Labute approximate surface area is 188 Å². The molecule has 8 heteroatoms. The molecular weight excluding hydrogens is 412 g/mol. The van der Waals surface area contributed by atoms with E-state index in [0.29, 0.717) is 24.0 Å². The molecule has 2 aliphatic rings. The first-order valence-corrected chi connectivity index (χ1v) is 11.8. The van der Waals surface area contributed by atoms with E-state index in [2.05, 4.69) is 16.8 Å². The highest BCUT2D eigenvalue weighted by Crippen LogP contribution is 2.33. The van der Waals surface area contributed by atoms with Gasteiger partial charge in [-0.25, -0.2) is 4.98 Å². The Morgan fingerprint density at radius 1 is 1.13 bits per heavy atom. The Morgan fingerprint density at radius 2 is 1.90 bits per heavy atom. The number of likely N-dealkylation sites (tertiary alicyclic amines) is 1. The Kier molecular flexibility index (Phi) is 7.09. The molecule has 2 aromatic rings. The third kappa shape index (κ3) is 5.19. The van der Waals surface area contributed by atoms with Crippen LogP contribution in [0.3, 0.4) is 0 Å². The van der Waals surface area contributed by atoms with Crippen LogP contribution in [0.5, 0.6) is 11.5 Å². The first kappa shape index (κ1) is 22.0. The molecule has 31 heavy (non-hydrogen) atoms. The van der Waals surface area contributed by atoms with E-state index in [-0.39, 0.29) is 5.91 Å². The number of aromatic nitrogens is 1. The number of hydrogen-bond acceptors (Lipinski definition) is 7. The molecule has 3 heterocycles. The van der Waals surface area contributed by atoms with Crippen molar-refractivity contribution in [3.63, 3.8) is 0 Å². The van der Waals surface area contributed by atoms with Crippen molar-refractivity contribution < 1.29 is 14.3 Å². The maximum atomic E-state index is 12.9. The molecule has 1 amide bonds. The number of carbonyl (C=O) groups excluding carboxylic acids is 1. The number of piperazine rings is 1. The molecule has 0 N–H and O–H groups in total. The predicted octanol–water partition coefficient (Wildman–Crippen LogP) is 2.61. The van der Waals surface area contributed by atoms with Gasteiger partial charge in [-0.2, -0.15) is 0 Å². The van der Waals surface area contributed by atoms with E-state index in [9.17, 15) is 4.79 Å². The second kappa shape index (κ2) is 9.97. The zero-order chi connectivity index (χ0) is 21.8. The number of likely N-dealkylation sites (N-methyl/N-ethyl adjacent to an activating group) is 1. The minimum atomic E-state index is 0.171. The van der Waals surface area contributed by atoms with Crippen LogP contribution in [0.2, 0.25) is 0 Å². The van der Waals surface area contributed by atoms with E-state index in [0.717, 1.165) is 49.0 Å². The van der Waals surface area contributed by atoms with Crippen molar-refractivity contribution in [2.24, 2.45) is 0 Å². The van der Waals surface area contributed by atoms with Crippen LogP contribution in [0, 0.1) is 0 Å². The molecule has 0 aliphatic carbocycles. The third-order valence-corrected chi connectivity index (χ3v) is 7.24. The van der Waals surface area contributed by atoms with Gasteiger partial charge in [0.15, 0.2) is 11.5 Å². The average Bonchev–Trinajstić information content (AvgIpc) is 3.27. The van der Waals surface area contributed by atoms with Crippen molar-refractivity contribution >= 4 is 17.2 Å². The van der Waals surface area contributed by atoms with Crippen molar-refractivity contribution in [2.75, 3.05) is 60.5 Å². The van der Waals surface area contributed by atoms with Crippen molar-refractivity contribution in [3.05, 3.63) is 29.3 Å². The second-order valence-corrected chi connectivity index (χ2v) is 9.22. The first-order valence-electron chi connectivity index (χ1n) is 10.9. The molecule has 1 atom stereocenters. The van der Waals surface area contributed by atoms with Gasteiger partial charge in [0.1, 0.15) is 5.01 Å². The smallest absolute Gasteiger partial charge is 0.228 e. The van der Waals surface area contributed by atoms with Crippen LogP contribution >= 0.6 is 11.3 Å². The summed E-state index contributed by atoms with van der Waals surface area (Å²) in [6.45, 7) is 5.91. The second-order valence-electron chi connectivity index (χ2n) is 8.37. The van der Waals surface area contributed by atoms with E-state index >= 15 is 0 Å². The summed E-state index contributed by atoms with van der Waals surface area (Å²) in [5.74, 6) is 1.54. The number of methoxy groups -OCH3 is 2. The highest BCUT2D eigenvalue weighted by molar-refractivity contribution is 7.13. The number of nitrogens with zero attached hydrogens (tertiary/aromatic N) is 4. The quantitative estimate of drug-likeness (QED) is 0.683.